The molecule has 6 N–H and O–H groups in total. The van der Waals surface area contributed by atoms with Crippen LogP contribution < -0.4 is 34.3 Å². The number of hydrogen-bond acceptors (Lipinski definition) is 9. The maximum atomic E-state index is 11.4. The topological polar surface area (TPSA) is 175 Å². The predicted molar refractivity (Wildman–Crippen MR) is 138 cm³/mol. The van der Waals surface area contributed by atoms with Crippen molar-refractivity contribution in [3.8, 4) is 11.5 Å². The third-order valence-electron chi connectivity index (χ3n) is 4.77. The van der Waals surface area contributed by atoms with Crippen molar-refractivity contribution < 1.29 is 74.9 Å². The Morgan fingerprint density at radius 1 is 0.811 bits per heavy atom. The Balaban J connectivity index is -0.000000507. The van der Waals surface area contributed by atoms with Gasteiger partial charge in [0.15, 0.2) is 11.6 Å². The van der Waals surface area contributed by atoms with E-state index in [2.05, 4.69) is 0 Å². The number of aromatic hydroxyl groups is 1. The summed E-state index contributed by atoms with van der Waals surface area (Å²) >= 11 is 5.04. The van der Waals surface area contributed by atoms with Crippen LogP contribution in [0.25, 0.3) is 0 Å². The van der Waals surface area contributed by atoms with Crippen LogP contribution in [0.4, 0.5) is 0 Å². The monoisotopic (exact) mass is 552 g/mol. The second-order valence-electron chi connectivity index (χ2n) is 8.14. The summed E-state index contributed by atoms with van der Waals surface area (Å²) in [6, 6.07) is 6.72. The van der Waals surface area contributed by atoms with Crippen LogP contribution in [-0.4, -0.2) is 80.5 Å². The van der Waals surface area contributed by atoms with Crippen LogP contribution in [0.15, 0.2) is 24.3 Å². The second kappa shape index (κ2) is 20.4. The van der Waals surface area contributed by atoms with Gasteiger partial charge in [-0.05, 0) is 88.1 Å². The Kier molecular flexibility index (Phi) is 22.1. The van der Waals surface area contributed by atoms with Gasteiger partial charge < -0.3 is 35.7 Å². The van der Waals surface area contributed by atoms with Crippen LogP contribution in [0, 0.1) is 27.7 Å². The van der Waals surface area contributed by atoms with Crippen molar-refractivity contribution in [2.45, 2.75) is 53.8 Å². The van der Waals surface area contributed by atoms with Crippen LogP contribution in [0.3, 0.4) is 0 Å². The smallest absolute Gasteiger partial charge is 0.870 e. The fraction of sp³-hybridized carbons (Fsp3) is 0.462. The fourth-order valence-electron chi connectivity index (χ4n) is 3.35. The first-order valence-corrected chi connectivity index (χ1v) is 11.5. The molecule has 0 aliphatic carbocycles. The Bertz CT molecular complexity index is 933. The third-order valence-corrected chi connectivity index (χ3v) is 5.13. The molecule has 204 valence electrons. The Morgan fingerprint density at radius 2 is 1.16 bits per heavy atom. The number of ether oxygens (including phenoxy) is 1. The average molecular weight is 553 g/mol. The number of aliphatic hydroxyl groups is 4. The summed E-state index contributed by atoms with van der Waals surface area (Å²) < 4.78 is 5.33. The number of alkyl halides is 1. The van der Waals surface area contributed by atoms with Gasteiger partial charge >= 0.3 is 29.6 Å². The van der Waals surface area contributed by atoms with Crippen LogP contribution >= 0.6 is 11.6 Å². The molecule has 0 aromatic heterocycles. The number of phenols is 1. The Hall–Kier alpha value is -1.53. The summed E-state index contributed by atoms with van der Waals surface area (Å²) in [5.74, 6) is 0.996. The molecule has 2 rings (SSSR count). The van der Waals surface area contributed by atoms with Gasteiger partial charge in [0.1, 0.15) is 24.2 Å². The summed E-state index contributed by atoms with van der Waals surface area (Å²) in [6.07, 6.45) is -1.63. The minimum atomic E-state index is -0.886. The first-order chi connectivity index (χ1) is 16.3. The van der Waals surface area contributed by atoms with Crippen molar-refractivity contribution >= 4 is 23.2 Å². The van der Waals surface area contributed by atoms with Gasteiger partial charge in [-0.25, -0.2) is 0 Å². The zero-order valence-electron chi connectivity index (χ0n) is 22.6. The van der Waals surface area contributed by atoms with E-state index in [1.54, 1.807) is 24.3 Å². The van der Waals surface area contributed by atoms with E-state index in [9.17, 15) is 19.8 Å². The number of rotatable bonds is 8. The molecule has 37 heavy (non-hydrogen) atoms. The van der Waals surface area contributed by atoms with E-state index in [0.29, 0.717) is 16.9 Å². The number of Topliss-reactive ketones (excluding diaryl/α,β-unsaturated/α-hetero) is 2. The first kappa shape index (κ1) is 40.0. The minimum absolute atomic E-state index is 0. The summed E-state index contributed by atoms with van der Waals surface area (Å²) in [5, 5.41) is 43.3. The van der Waals surface area contributed by atoms with E-state index in [1.165, 1.54) is 13.8 Å². The molecule has 0 saturated carbocycles. The average Bonchev–Trinajstić information content (AvgIpc) is 2.76. The molecule has 2 unspecified atom stereocenters. The van der Waals surface area contributed by atoms with Gasteiger partial charge in [-0.3, -0.25) is 9.59 Å². The third kappa shape index (κ3) is 14.8. The largest absolute Gasteiger partial charge is 1.00 e. The summed E-state index contributed by atoms with van der Waals surface area (Å²) in [4.78, 5) is 22.5. The van der Waals surface area contributed by atoms with Crippen LogP contribution in [-0.2, 0) is 0 Å². The molecular weight excluding hydrogens is 515 g/mol. The molecule has 0 aliphatic rings. The van der Waals surface area contributed by atoms with Gasteiger partial charge in [0.2, 0.25) is 0 Å². The van der Waals surface area contributed by atoms with Gasteiger partial charge in [-0.1, -0.05) is 0 Å². The molecule has 9 nitrogen and oxygen atoms in total. The number of carbonyl (C=O) groups is 2. The van der Waals surface area contributed by atoms with Gasteiger partial charge in [0.25, 0.3) is 0 Å². The summed E-state index contributed by atoms with van der Waals surface area (Å²) in [7, 11) is 0. The second-order valence-corrected chi connectivity index (χ2v) is 8.45. The van der Waals surface area contributed by atoms with Crippen LogP contribution in [0.2, 0.25) is 0 Å². The van der Waals surface area contributed by atoms with E-state index < -0.39 is 12.2 Å². The number of hydrogen-bond donors (Lipinski definition) is 5. The molecule has 0 saturated heterocycles. The van der Waals surface area contributed by atoms with E-state index >= 15 is 0 Å². The van der Waals surface area contributed by atoms with Crippen molar-refractivity contribution in [1.29, 1.82) is 0 Å². The molecule has 0 radical (unpaired) electrons. The maximum Gasteiger partial charge on any atom is 1.00 e. The minimum Gasteiger partial charge on any atom is -0.870 e. The van der Waals surface area contributed by atoms with Crippen molar-refractivity contribution in [3.63, 3.8) is 0 Å². The quantitative estimate of drug-likeness (QED) is 0.169. The fourth-order valence-corrected chi connectivity index (χ4v) is 3.45. The zero-order chi connectivity index (χ0) is 27.3. The maximum absolute atomic E-state index is 11.4. The molecule has 11 heteroatoms. The molecule has 2 aromatic rings. The molecule has 0 fully saturated rings. The summed E-state index contributed by atoms with van der Waals surface area (Å²) in [5.41, 5.74) is 4.80. The normalized spacial score (nSPS) is 11.2. The molecule has 2 aromatic carbocycles. The van der Waals surface area contributed by atoms with Crippen molar-refractivity contribution in [2.75, 3.05) is 25.7 Å². The van der Waals surface area contributed by atoms with Crippen LogP contribution in [0.5, 0.6) is 11.5 Å². The van der Waals surface area contributed by atoms with E-state index in [0.717, 1.165) is 22.3 Å². The molecule has 2 atom stereocenters. The number of phenolic OH excluding ortho intramolecular Hbond substituents is 1. The number of ketones is 2. The van der Waals surface area contributed by atoms with E-state index in [4.69, 9.17) is 31.7 Å². The zero-order valence-corrected chi connectivity index (χ0v) is 25.3. The molecular formula is C26H38ClNaO9. The van der Waals surface area contributed by atoms with Crippen molar-refractivity contribution in [3.05, 3.63) is 57.6 Å². The van der Waals surface area contributed by atoms with E-state index in [1.807, 2.05) is 27.7 Å². The molecule has 0 bridgehead atoms. The molecule has 0 amide bonds. The summed E-state index contributed by atoms with van der Waals surface area (Å²) in [6.45, 7) is 9.87. The molecule has 0 spiro atoms. The molecule has 0 aliphatic heterocycles. The number of benzene rings is 2. The van der Waals surface area contributed by atoms with Gasteiger partial charge in [-0.2, -0.15) is 0 Å². The van der Waals surface area contributed by atoms with Crippen LogP contribution in [0.1, 0.15) is 56.8 Å². The Labute approximate surface area is 245 Å². The Morgan fingerprint density at radius 3 is 1.43 bits per heavy atom. The van der Waals surface area contributed by atoms with Gasteiger partial charge in [0, 0.05) is 11.1 Å². The number of halogens is 1. The number of aliphatic hydroxyl groups excluding tert-OH is 4. The SMILES string of the molecule is CC(=O)c1c(C)cc(O)cc1C.CC(=O)c1c(C)cc(OCC(O)CO)cc1C.OCC(O)CCl.[Na+].[OH-]. The standard InChI is InChI=1S/C13H18O4.C10H12O2.C3H7ClO2.Na.H2O/c1-8-4-12(17-7-11(16)6-14)5-9(2)13(8)10(3)15;1-6-4-9(12)5-7(2)10(6)8(3)11;4-1-3(6)2-5;;/h4-5,11,14,16H,6-7H2,1-3H3;4-5,12H,1-3H3;3,5-6H,1-2H2;;1H2/q;;;+1;/p-1. The van der Waals surface area contributed by atoms with E-state index in [-0.39, 0.29) is 78.1 Å². The molecule has 0 heterocycles. The first-order valence-electron chi connectivity index (χ1n) is 11.0. The van der Waals surface area contributed by atoms with Crippen molar-refractivity contribution in [2.24, 2.45) is 0 Å². The van der Waals surface area contributed by atoms with Gasteiger partial charge in [0.05, 0.1) is 25.2 Å². The van der Waals surface area contributed by atoms with Crippen molar-refractivity contribution in [1.82, 2.24) is 0 Å². The van der Waals surface area contributed by atoms with Gasteiger partial charge in [-0.15, -0.1) is 11.6 Å². The predicted octanol–water partition coefficient (Wildman–Crippen LogP) is -0.145. The number of aryl methyl sites for hydroxylation is 4. The number of carbonyl (C=O) groups excluding carboxylic acids is 2.